The molecule has 48 heavy (non-hydrogen) atoms. The molecule has 3 aromatic rings. The van der Waals surface area contributed by atoms with Gasteiger partial charge in [0, 0.05) is 44.8 Å². The number of nitrogens with one attached hydrogen (secondary N) is 1. The molecule has 5 rings (SSSR count). The maximum atomic E-state index is 14.2. The van der Waals surface area contributed by atoms with Crippen molar-refractivity contribution in [1.82, 2.24) is 19.8 Å². The van der Waals surface area contributed by atoms with Crippen molar-refractivity contribution < 1.29 is 52.3 Å². The molecule has 1 aromatic heterocycles. The van der Waals surface area contributed by atoms with Crippen LogP contribution in [-0.2, 0) is 9.53 Å². The molecule has 1 saturated heterocycles. The summed E-state index contributed by atoms with van der Waals surface area (Å²) in [4.78, 5) is 40.9. The number of aromatic nitrogens is 2. The second kappa shape index (κ2) is 16.1. The number of aliphatic hydroxyl groups is 1. The van der Waals surface area contributed by atoms with E-state index in [-0.39, 0.29) is 30.2 Å². The predicted molar refractivity (Wildman–Crippen MR) is 167 cm³/mol. The summed E-state index contributed by atoms with van der Waals surface area (Å²) in [7, 11) is 1.60. The van der Waals surface area contributed by atoms with Crippen LogP contribution < -0.4 is 10.1 Å². The molecule has 1 aliphatic carbocycles. The highest BCUT2D eigenvalue weighted by Gasteiger charge is 2.42. The molecule has 2 fully saturated rings. The fourth-order valence-corrected chi connectivity index (χ4v) is 6.11. The second-order valence-corrected chi connectivity index (χ2v) is 11.6. The van der Waals surface area contributed by atoms with E-state index in [0.29, 0.717) is 56.2 Å². The number of benzene rings is 2. The number of nitrogens with zero attached hydrogens (tertiary/aromatic N) is 3. The van der Waals surface area contributed by atoms with Gasteiger partial charge in [-0.15, -0.1) is 0 Å². The van der Waals surface area contributed by atoms with Crippen LogP contribution in [-0.4, -0.2) is 105 Å². The maximum absolute atomic E-state index is 14.2. The number of carbonyl (C=O) groups excluding carboxylic acids is 1. The number of piperazine rings is 1. The number of alkyl halides is 3. The van der Waals surface area contributed by atoms with Crippen molar-refractivity contribution in [3.05, 3.63) is 72.2 Å². The number of halogens is 3. The number of hydrogen-bond donors (Lipinski definition) is 4. The lowest BCUT2D eigenvalue weighted by atomic mass is 9.80. The van der Waals surface area contributed by atoms with E-state index >= 15 is 0 Å². The number of aliphatic carboxylic acids is 1. The maximum Gasteiger partial charge on any atom is 0.490 e. The largest absolute Gasteiger partial charge is 0.493 e. The van der Waals surface area contributed by atoms with Crippen LogP contribution in [0.15, 0.2) is 60.9 Å². The van der Waals surface area contributed by atoms with E-state index < -0.39 is 23.7 Å². The predicted octanol–water partition coefficient (Wildman–Crippen LogP) is 4.26. The van der Waals surface area contributed by atoms with E-state index in [1.165, 1.54) is 12.1 Å². The molecule has 2 aromatic carbocycles. The van der Waals surface area contributed by atoms with Crippen LogP contribution in [0, 0.1) is 0 Å². The second-order valence-electron chi connectivity index (χ2n) is 11.6. The van der Waals surface area contributed by atoms with Gasteiger partial charge in [0.25, 0.3) is 5.91 Å². The molecular formula is C33H39F3N4O8. The van der Waals surface area contributed by atoms with E-state index in [0.717, 1.165) is 24.8 Å². The Hall–Kier alpha value is -4.47. The third-order valence-corrected chi connectivity index (χ3v) is 8.39. The van der Waals surface area contributed by atoms with Crippen LogP contribution >= 0.6 is 0 Å². The highest BCUT2D eigenvalue weighted by atomic mass is 19.4. The Morgan fingerprint density at radius 1 is 1.08 bits per heavy atom. The third kappa shape index (κ3) is 8.90. The van der Waals surface area contributed by atoms with Gasteiger partial charge in [-0.25, -0.2) is 14.6 Å². The number of carboxylic acid groups (broad SMARTS) is 2. The molecule has 0 unspecified atom stereocenters. The van der Waals surface area contributed by atoms with Crippen molar-refractivity contribution >= 4 is 17.8 Å². The van der Waals surface area contributed by atoms with E-state index in [1.807, 2.05) is 39.8 Å². The number of hydrogen-bond acceptors (Lipinski definition) is 8. The quantitative estimate of drug-likeness (QED) is 0.244. The lowest BCUT2D eigenvalue weighted by Gasteiger charge is -2.41. The Balaban J connectivity index is 0.000000671. The first-order valence-electron chi connectivity index (χ1n) is 15.5. The molecule has 1 aliphatic heterocycles. The molecular weight excluding hydrogens is 637 g/mol. The van der Waals surface area contributed by atoms with Crippen LogP contribution in [0.25, 0.3) is 11.3 Å². The molecule has 3 atom stereocenters. The molecule has 1 amide bonds. The van der Waals surface area contributed by atoms with Crippen molar-refractivity contribution in [2.45, 2.75) is 56.0 Å². The summed E-state index contributed by atoms with van der Waals surface area (Å²) in [5.41, 5.74) is 1.05. The Morgan fingerprint density at radius 2 is 1.81 bits per heavy atom. The summed E-state index contributed by atoms with van der Waals surface area (Å²) in [6.45, 7) is 2.34. The van der Waals surface area contributed by atoms with Gasteiger partial charge in [0.2, 0.25) is 0 Å². The molecule has 12 nitrogen and oxygen atoms in total. The third-order valence-electron chi connectivity index (χ3n) is 8.39. The van der Waals surface area contributed by atoms with Crippen molar-refractivity contribution in [3.8, 4) is 17.0 Å². The van der Waals surface area contributed by atoms with E-state index in [1.54, 1.807) is 25.6 Å². The monoisotopic (exact) mass is 676 g/mol. The molecule has 2 heterocycles. The van der Waals surface area contributed by atoms with Crippen LogP contribution in [0.3, 0.4) is 0 Å². The summed E-state index contributed by atoms with van der Waals surface area (Å²) in [6.07, 6.45) is 0.455. The minimum absolute atomic E-state index is 0.132. The number of methoxy groups -OCH3 is 1. The Labute approximate surface area is 275 Å². The van der Waals surface area contributed by atoms with Gasteiger partial charge >= 0.3 is 18.1 Å². The minimum atomic E-state index is -5.08. The molecule has 0 radical (unpaired) electrons. The lowest BCUT2D eigenvalue weighted by Crippen LogP contribution is -2.54. The van der Waals surface area contributed by atoms with Gasteiger partial charge in [0.1, 0.15) is 11.4 Å². The Bertz CT molecular complexity index is 1550. The van der Waals surface area contributed by atoms with Gasteiger partial charge in [0.05, 0.1) is 36.8 Å². The van der Waals surface area contributed by atoms with Crippen molar-refractivity contribution in [3.63, 3.8) is 0 Å². The van der Waals surface area contributed by atoms with Gasteiger partial charge in [-0.2, -0.15) is 13.2 Å². The van der Waals surface area contributed by atoms with Crippen LogP contribution in [0.4, 0.5) is 13.2 Å². The first-order valence-corrected chi connectivity index (χ1v) is 15.5. The van der Waals surface area contributed by atoms with Crippen molar-refractivity contribution in [2.24, 2.45) is 0 Å². The standard InChI is InChI=1S/C31H38N4O6.C2HF3O2/c1-40-20-31(39)14-6-5-12-26(31)35-21-33-27(28(35)22-8-3-2-4-9-22)29(36)34-16-15-32-19-24(34)13-17-41-25-11-7-10-23(18-25)30(37)38;3-2(4,5)1(6)7/h2-4,7-11,18,21,24,26,32,39H,5-6,12-17,19-20H2,1H3,(H,37,38);(H,6,7)/t24-,26-,31-;/m1./s1. The number of aromatic carboxylic acids is 1. The SMILES string of the molecule is COC[C@]1(O)CCCC[C@H]1n1cnc(C(=O)N2CCNC[C@H]2CCOc2cccc(C(=O)O)c2)c1-c1ccccc1.O=C(O)C(F)(F)F. The molecule has 0 spiro atoms. The normalized spacial score (nSPS) is 21.1. The number of ether oxygens (including phenoxy) is 2. The molecule has 0 bridgehead atoms. The lowest BCUT2D eigenvalue weighted by molar-refractivity contribution is -0.192. The zero-order valence-electron chi connectivity index (χ0n) is 26.4. The summed E-state index contributed by atoms with van der Waals surface area (Å²) in [5, 5.41) is 31.4. The Morgan fingerprint density at radius 3 is 2.48 bits per heavy atom. The molecule has 4 N–H and O–H groups in total. The topological polar surface area (TPSA) is 163 Å². The molecule has 15 heteroatoms. The fraction of sp³-hybridized carbons (Fsp3) is 0.455. The zero-order chi connectivity index (χ0) is 34.9. The summed E-state index contributed by atoms with van der Waals surface area (Å²) in [6, 6.07) is 15.7. The molecule has 1 saturated carbocycles. The smallest absolute Gasteiger partial charge is 0.490 e. The van der Waals surface area contributed by atoms with Crippen molar-refractivity contribution in [2.75, 3.05) is 40.0 Å². The fourth-order valence-electron chi connectivity index (χ4n) is 6.11. The van der Waals surface area contributed by atoms with Gasteiger partial charge in [-0.3, -0.25) is 4.79 Å². The van der Waals surface area contributed by atoms with Gasteiger partial charge in [0.15, 0.2) is 5.69 Å². The number of imidazole rings is 1. The Kier molecular flexibility index (Phi) is 12.2. The van der Waals surface area contributed by atoms with E-state index in [4.69, 9.17) is 19.4 Å². The number of rotatable bonds is 10. The van der Waals surface area contributed by atoms with Gasteiger partial charge < -0.3 is 39.6 Å². The number of carbonyl (C=O) groups is 3. The van der Waals surface area contributed by atoms with Crippen LogP contribution in [0.5, 0.6) is 5.75 Å². The van der Waals surface area contributed by atoms with Crippen molar-refractivity contribution in [1.29, 1.82) is 0 Å². The summed E-state index contributed by atoms with van der Waals surface area (Å²) < 4.78 is 45.0. The minimum Gasteiger partial charge on any atom is -0.493 e. The van der Waals surface area contributed by atoms with E-state index in [2.05, 4.69) is 10.3 Å². The van der Waals surface area contributed by atoms with Crippen LogP contribution in [0.2, 0.25) is 0 Å². The number of carboxylic acids is 2. The summed E-state index contributed by atoms with van der Waals surface area (Å²) in [5.74, 6) is -3.44. The highest BCUT2D eigenvalue weighted by molar-refractivity contribution is 5.98. The number of amides is 1. The highest BCUT2D eigenvalue weighted by Crippen LogP contribution is 2.41. The average Bonchev–Trinajstić information content (AvgIpc) is 3.50. The van der Waals surface area contributed by atoms with Gasteiger partial charge in [-0.05, 0) is 31.0 Å². The molecule has 2 aliphatic rings. The van der Waals surface area contributed by atoms with Crippen LogP contribution in [0.1, 0.15) is 59.0 Å². The zero-order valence-corrected chi connectivity index (χ0v) is 26.4. The van der Waals surface area contributed by atoms with Gasteiger partial charge in [-0.1, -0.05) is 49.2 Å². The molecule has 260 valence electrons. The summed E-state index contributed by atoms with van der Waals surface area (Å²) >= 11 is 0. The first-order chi connectivity index (χ1) is 22.9. The van der Waals surface area contributed by atoms with E-state index in [9.17, 15) is 33.0 Å². The average molecular weight is 677 g/mol. The first kappa shape index (κ1) is 36.4.